The van der Waals surface area contributed by atoms with E-state index in [2.05, 4.69) is 10.3 Å². The Morgan fingerprint density at radius 3 is 2.81 bits per heavy atom. The van der Waals surface area contributed by atoms with E-state index >= 15 is 0 Å². The summed E-state index contributed by atoms with van der Waals surface area (Å²) >= 11 is 0. The Morgan fingerprint density at radius 1 is 1.27 bits per heavy atom. The van der Waals surface area contributed by atoms with Gasteiger partial charge in [0.25, 0.3) is 5.91 Å². The summed E-state index contributed by atoms with van der Waals surface area (Å²) in [6, 6.07) is 6.71. The largest absolute Gasteiger partial charge is 0.493 e. The number of aromatic nitrogens is 1. The lowest BCUT2D eigenvalue weighted by atomic mass is 9.98. The van der Waals surface area contributed by atoms with E-state index in [1.165, 1.54) is 6.20 Å². The lowest BCUT2D eigenvalue weighted by Crippen LogP contribution is -2.45. The molecule has 0 fully saturated rings. The van der Waals surface area contributed by atoms with Crippen molar-refractivity contribution in [1.29, 1.82) is 0 Å². The van der Waals surface area contributed by atoms with E-state index in [1.54, 1.807) is 19.2 Å². The van der Waals surface area contributed by atoms with Gasteiger partial charge in [0.2, 0.25) is 0 Å². The Labute approximate surface area is 152 Å². The molecule has 0 bridgehead atoms. The topological polar surface area (TPSA) is 88.5 Å². The van der Waals surface area contributed by atoms with Gasteiger partial charge in [-0.2, -0.15) is 0 Å². The zero-order valence-electron chi connectivity index (χ0n) is 14.9. The van der Waals surface area contributed by atoms with Crippen LogP contribution in [0.15, 0.2) is 36.7 Å². The number of ether oxygens (including phenoxy) is 1. The van der Waals surface area contributed by atoms with E-state index < -0.39 is 17.9 Å². The van der Waals surface area contributed by atoms with Crippen molar-refractivity contribution in [2.75, 3.05) is 6.61 Å². The number of nitrogens with zero attached hydrogens (tertiary/aromatic N) is 1. The highest BCUT2D eigenvalue weighted by Gasteiger charge is 2.26. The van der Waals surface area contributed by atoms with Gasteiger partial charge in [0.1, 0.15) is 11.8 Å². The Balaban J connectivity index is 1.82. The molecule has 1 aliphatic rings. The zero-order valence-corrected chi connectivity index (χ0v) is 14.9. The third-order valence-corrected chi connectivity index (χ3v) is 4.79. The van der Waals surface area contributed by atoms with Gasteiger partial charge in [-0.05, 0) is 35.2 Å². The van der Waals surface area contributed by atoms with E-state index in [0.29, 0.717) is 18.6 Å². The quantitative estimate of drug-likeness (QED) is 0.833. The molecule has 3 rings (SSSR count). The molecule has 0 aliphatic carbocycles. The van der Waals surface area contributed by atoms with Crippen molar-refractivity contribution in [3.8, 4) is 16.9 Å². The van der Waals surface area contributed by atoms with Crippen LogP contribution in [0.5, 0.6) is 5.75 Å². The molecule has 1 aromatic carbocycles. The molecule has 1 amide bonds. The van der Waals surface area contributed by atoms with Gasteiger partial charge in [-0.3, -0.25) is 9.78 Å². The van der Waals surface area contributed by atoms with Crippen LogP contribution in [0.25, 0.3) is 11.1 Å². The van der Waals surface area contributed by atoms with Crippen LogP contribution in [0, 0.1) is 5.92 Å². The summed E-state index contributed by atoms with van der Waals surface area (Å²) in [5.41, 5.74) is 3.24. The van der Waals surface area contributed by atoms with E-state index in [0.717, 1.165) is 28.9 Å². The minimum Gasteiger partial charge on any atom is -0.493 e. The van der Waals surface area contributed by atoms with Gasteiger partial charge in [-0.25, -0.2) is 4.79 Å². The monoisotopic (exact) mass is 354 g/mol. The lowest BCUT2D eigenvalue weighted by Gasteiger charge is -2.20. The van der Waals surface area contributed by atoms with Crippen molar-refractivity contribution in [1.82, 2.24) is 10.3 Å². The molecule has 2 N–H and O–H groups in total. The molecule has 2 atom stereocenters. The van der Waals surface area contributed by atoms with E-state index in [1.807, 2.05) is 25.1 Å². The molecule has 0 radical (unpaired) electrons. The van der Waals surface area contributed by atoms with E-state index in [4.69, 9.17) is 4.74 Å². The van der Waals surface area contributed by atoms with E-state index in [9.17, 15) is 14.7 Å². The number of amides is 1. The van der Waals surface area contributed by atoms with Crippen molar-refractivity contribution in [2.45, 2.75) is 32.7 Å². The van der Waals surface area contributed by atoms with Crippen molar-refractivity contribution < 1.29 is 19.4 Å². The third-order valence-electron chi connectivity index (χ3n) is 4.79. The normalized spacial score (nSPS) is 14.8. The Bertz CT molecular complexity index is 834. The van der Waals surface area contributed by atoms with Crippen LogP contribution in [-0.4, -0.2) is 34.6 Å². The average molecular weight is 354 g/mol. The van der Waals surface area contributed by atoms with Gasteiger partial charge in [0.05, 0.1) is 12.2 Å². The molecule has 6 nitrogen and oxygen atoms in total. The molecule has 0 unspecified atom stereocenters. The number of hydrogen-bond donors (Lipinski definition) is 2. The fourth-order valence-electron chi connectivity index (χ4n) is 3.00. The first kappa shape index (κ1) is 17.9. The first-order valence-electron chi connectivity index (χ1n) is 8.74. The summed E-state index contributed by atoms with van der Waals surface area (Å²) < 4.78 is 5.52. The van der Waals surface area contributed by atoms with Crippen LogP contribution >= 0.6 is 0 Å². The van der Waals surface area contributed by atoms with Crippen molar-refractivity contribution in [2.24, 2.45) is 5.92 Å². The number of carboxylic acid groups (broad SMARTS) is 1. The highest BCUT2D eigenvalue weighted by molar-refractivity contribution is 5.97. The number of carbonyl (C=O) groups is 2. The maximum absolute atomic E-state index is 12.5. The van der Waals surface area contributed by atoms with Crippen LogP contribution in [0.4, 0.5) is 0 Å². The highest BCUT2D eigenvalue weighted by atomic mass is 16.5. The number of carboxylic acids is 1. The molecule has 0 spiro atoms. The molecule has 26 heavy (non-hydrogen) atoms. The van der Waals surface area contributed by atoms with E-state index in [-0.39, 0.29) is 5.92 Å². The molecule has 1 aromatic heterocycles. The van der Waals surface area contributed by atoms with Crippen LogP contribution < -0.4 is 10.1 Å². The van der Waals surface area contributed by atoms with Gasteiger partial charge in [0.15, 0.2) is 0 Å². The summed E-state index contributed by atoms with van der Waals surface area (Å²) in [6.07, 6.45) is 4.67. The van der Waals surface area contributed by atoms with Crippen molar-refractivity contribution >= 4 is 11.9 Å². The number of fused-ring (bicyclic) bond motifs is 1. The van der Waals surface area contributed by atoms with Crippen molar-refractivity contribution in [3.05, 3.63) is 47.8 Å². The van der Waals surface area contributed by atoms with Crippen LogP contribution in [0.2, 0.25) is 0 Å². The van der Waals surface area contributed by atoms with Crippen LogP contribution in [0.1, 0.15) is 36.2 Å². The number of pyridine rings is 1. The van der Waals surface area contributed by atoms with Gasteiger partial charge in [-0.1, -0.05) is 26.3 Å². The molecule has 0 saturated heterocycles. The summed E-state index contributed by atoms with van der Waals surface area (Å²) in [6.45, 7) is 4.39. The minimum absolute atomic E-state index is 0.163. The second-order valence-corrected chi connectivity index (χ2v) is 6.56. The van der Waals surface area contributed by atoms with Crippen molar-refractivity contribution in [3.63, 3.8) is 0 Å². The molecule has 2 heterocycles. The molecular weight excluding hydrogens is 332 g/mol. The minimum atomic E-state index is -1.03. The smallest absolute Gasteiger partial charge is 0.326 e. The number of aliphatic carboxylic acids is 1. The first-order chi connectivity index (χ1) is 12.5. The Hall–Kier alpha value is -2.89. The second kappa shape index (κ2) is 7.56. The summed E-state index contributed by atoms with van der Waals surface area (Å²) in [5.74, 6) is -0.732. The summed E-state index contributed by atoms with van der Waals surface area (Å²) in [7, 11) is 0. The molecule has 1 aliphatic heterocycles. The maximum atomic E-state index is 12.5. The van der Waals surface area contributed by atoms with Crippen LogP contribution in [-0.2, 0) is 11.2 Å². The number of nitrogens with one attached hydrogen (secondary N) is 1. The molecule has 2 aromatic rings. The SMILES string of the molecule is CC[C@H](C)[C@H](NC(=O)c1cncc(-c2ccc3c(c2)CCO3)c1)C(=O)O. The second-order valence-electron chi connectivity index (χ2n) is 6.56. The number of carbonyl (C=O) groups excluding carboxylic acids is 1. The third kappa shape index (κ3) is 3.69. The van der Waals surface area contributed by atoms with Crippen LogP contribution in [0.3, 0.4) is 0 Å². The number of hydrogen-bond acceptors (Lipinski definition) is 4. The standard InChI is InChI=1S/C20H22N2O4/c1-3-12(2)18(20(24)25)22-19(23)16-9-15(10-21-11-16)13-4-5-17-14(8-13)6-7-26-17/h4-5,8-12,18H,3,6-7H2,1-2H3,(H,22,23)(H,24,25)/t12-,18-/m0/s1. The van der Waals surface area contributed by atoms with Gasteiger partial charge in [-0.15, -0.1) is 0 Å². The lowest BCUT2D eigenvalue weighted by molar-refractivity contribution is -0.140. The average Bonchev–Trinajstić information content (AvgIpc) is 3.13. The predicted octanol–water partition coefficient (Wildman–Crippen LogP) is 2.91. The van der Waals surface area contributed by atoms with Gasteiger partial charge >= 0.3 is 5.97 Å². The highest BCUT2D eigenvalue weighted by Crippen LogP contribution is 2.30. The fourth-order valence-corrected chi connectivity index (χ4v) is 3.00. The molecule has 0 saturated carbocycles. The summed E-state index contributed by atoms with van der Waals surface area (Å²) in [5, 5.41) is 12.0. The molecular formula is C20H22N2O4. The summed E-state index contributed by atoms with van der Waals surface area (Å²) in [4.78, 5) is 28.1. The van der Waals surface area contributed by atoms with Gasteiger partial charge < -0.3 is 15.2 Å². The Kier molecular flexibility index (Phi) is 5.21. The molecule has 6 heteroatoms. The number of rotatable bonds is 6. The number of benzene rings is 1. The first-order valence-corrected chi connectivity index (χ1v) is 8.74. The fraction of sp³-hybridized carbons (Fsp3) is 0.350. The maximum Gasteiger partial charge on any atom is 0.326 e. The van der Waals surface area contributed by atoms with Gasteiger partial charge in [0, 0.05) is 24.4 Å². The Morgan fingerprint density at radius 2 is 2.08 bits per heavy atom. The zero-order chi connectivity index (χ0) is 18.7. The molecule has 136 valence electrons. The predicted molar refractivity (Wildman–Crippen MR) is 97.2 cm³/mol.